The third-order valence-electron chi connectivity index (χ3n) is 5.95. The van der Waals surface area contributed by atoms with E-state index in [0.717, 1.165) is 43.2 Å². The summed E-state index contributed by atoms with van der Waals surface area (Å²) in [5.74, 6) is 3.42. The van der Waals surface area contributed by atoms with Crippen LogP contribution in [0.4, 0.5) is 5.95 Å². The molecule has 4 rings (SSSR count). The zero-order valence-corrected chi connectivity index (χ0v) is 16.8. The van der Waals surface area contributed by atoms with Crippen LogP contribution in [0.3, 0.4) is 0 Å². The molecule has 0 spiro atoms. The Morgan fingerprint density at radius 1 is 1.36 bits per heavy atom. The number of anilines is 1. The molecule has 7 nitrogen and oxygen atoms in total. The Hall–Kier alpha value is -2.17. The van der Waals surface area contributed by atoms with Crippen LogP contribution in [0.2, 0.25) is 5.02 Å². The molecule has 8 heteroatoms. The van der Waals surface area contributed by atoms with Crippen LogP contribution in [0.1, 0.15) is 32.6 Å². The summed E-state index contributed by atoms with van der Waals surface area (Å²) >= 11 is 5.87. The fourth-order valence-electron chi connectivity index (χ4n) is 4.30. The van der Waals surface area contributed by atoms with Crippen molar-refractivity contribution in [2.75, 3.05) is 24.6 Å². The number of rotatable bonds is 6. The second-order valence-corrected chi connectivity index (χ2v) is 8.36. The first-order chi connectivity index (χ1) is 13.6. The van der Waals surface area contributed by atoms with Crippen molar-refractivity contribution in [2.45, 2.75) is 38.3 Å². The minimum absolute atomic E-state index is 0.297. The largest absolute Gasteiger partial charge is 0.350 e. The number of amidine groups is 1. The predicted molar refractivity (Wildman–Crippen MR) is 108 cm³/mol. The summed E-state index contributed by atoms with van der Waals surface area (Å²) in [7, 11) is 0. The Balaban J connectivity index is 1.19. The summed E-state index contributed by atoms with van der Waals surface area (Å²) in [4.78, 5) is 15.2. The van der Waals surface area contributed by atoms with E-state index in [0.29, 0.717) is 17.5 Å². The predicted octanol–water partition coefficient (Wildman–Crippen LogP) is 3.14. The van der Waals surface area contributed by atoms with Gasteiger partial charge in [-0.15, -0.1) is 0 Å². The number of aromatic nitrogens is 2. The molecule has 1 aliphatic carbocycles. The van der Waals surface area contributed by atoms with E-state index in [-0.39, 0.29) is 0 Å². The fraction of sp³-hybridized carbons (Fsp3) is 0.600. The Morgan fingerprint density at radius 2 is 2.11 bits per heavy atom. The van der Waals surface area contributed by atoms with Crippen molar-refractivity contribution in [3.8, 4) is 6.07 Å². The van der Waals surface area contributed by atoms with Crippen molar-refractivity contribution < 1.29 is 4.74 Å². The highest BCUT2D eigenvalue weighted by Crippen LogP contribution is 2.50. The second-order valence-electron chi connectivity index (χ2n) is 7.93. The first-order valence-corrected chi connectivity index (χ1v) is 10.2. The van der Waals surface area contributed by atoms with Gasteiger partial charge in [-0.1, -0.05) is 11.6 Å². The molecule has 1 saturated carbocycles. The van der Waals surface area contributed by atoms with Crippen LogP contribution in [0, 0.1) is 29.1 Å². The topological polar surface area (TPSA) is 86.4 Å². The Morgan fingerprint density at radius 3 is 2.82 bits per heavy atom. The molecule has 3 heterocycles. The summed E-state index contributed by atoms with van der Waals surface area (Å²) in [5, 5.41) is 12.4. The van der Waals surface area contributed by atoms with Crippen LogP contribution in [0.25, 0.3) is 0 Å². The van der Waals surface area contributed by atoms with Crippen LogP contribution in [-0.4, -0.2) is 41.2 Å². The number of piperidine rings is 1. The molecule has 0 bridgehead atoms. The molecule has 1 saturated heterocycles. The average Bonchev–Trinajstić information content (AvgIpc) is 3.48. The van der Waals surface area contributed by atoms with E-state index in [1.165, 1.54) is 19.3 Å². The maximum absolute atomic E-state index is 8.98. The van der Waals surface area contributed by atoms with Crippen LogP contribution in [0.15, 0.2) is 29.7 Å². The van der Waals surface area contributed by atoms with Crippen molar-refractivity contribution in [1.82, 2.24) is 15.3 Å². The van der Waals surface area contributed by atoms with Gasteiger partial charge < -0.3 is 15.0 Å². The molecular formula is C20H25ClN6O. The van der Waals surface area contributed by atoms with Crippen molar-refractivity contribution in [3.63, 3.8) is 0 Å². The number of nitrogens with zero attached hydrogens (tertiary/aromatic N) is 5. The Labute approximate surface area is 170 Å². The lowest BCUT2D eigenvalue weighted by Gasteiger charge is -2.32. The molecule has 3 unspecified atom stereocenters. The minimum Gasteiger partial charge on any atom is -0.350 e. The van der Waals surface area contributed by atoms with E-state index in [4.69, 9.17) is 21.6 Å². The lowest BCUT2D eigenvalue weighted by Crippen LogP contribution is -2.35. The van der Waals surface area contributed by atoms with Gasteiger partial charge in [0.1, 0.15) is 6.07 Å². The van der Waals surface area contributed by atoms with Gasteiger partial charge in [-0.25, -0.2) is 15.0 Å². The monoisotopic (exact) mass is 400 g/mol. The highest BCUT2D eigenvalue weighted by molar-refractivity contribution is 6.30. The molecule has 148 valence electrons. The number of hydrogen-bond donors (Lipinski definition) is 1. The molecule has 0 radical (unpaired) electrons. The molecule has 0 amide bonds. The molecule has 1 aromatic rings. The molecule has 1 N–H and O–H groups in total. The minimum atomic E-state index is -0.732. The van der Waals surface area contributed by atoms with E-state index in [1.54, 1.807) is 18.6 Å². The van der Waals surface area contributed by atoms with Crippen molar-refractivity contribution in [3.05, 3.63) is 29.7 Å². The van der Waals surface area contributed by atoms with Gasteiger partial charge in [-0.05, 0) is 56.4 Å². The number of ether oxygens (including phenoxy) is 1. The summed E-state index contributed by atoms with van der Waals surface area (Å²) in [6.45, 7) is 4.57. The van der Waals surface area contributed by atoms with Crippen molar-refractivity contribution >= 4 is 23.4 Å². The maximum atomic E-state index is 8.98. The zero-order chi connectivity index (χ0) is 19.6. The van der Waals surface area contributed by atoms with Gasteiger partial charge in [0.15, 0.2) is 5.72 Å². The van der Waals surface area contributed by atoms with Crippen LogP contribution < -0.4 is 10.2 Å². The van der Waals surface area contributed by atoms with Crippen LogP contribution >= 0.6 is 11.6 Å². The molecule has 3 aliphatic rings. The average molecular weight is 401 g/mol. The van der Waals surface area contributed by atoms with Gasteiger partial charge in [0.05, 0.1) is 24.0 Å². The van der Waals surface area contributed by atoms with Gasteiger partial charge >= 0.3 is 0 Å². The van der Waals surface area contributed by atoms with Gasteiger partial charge in [-0.3, -0.25) is 0 Å². The smallest absolute Gasteiger partial charge is 0.225 e. The molecule has 2 aliphatic heterocycles. The van der Waals surface area contributed by atoms with Gasteiger partial charge in [0.2, 0.25) is 11.8 Å². The Bertz CT molecular complexity index is 796. The molecule has 28 heavy (non-hydrogen) atoms. The second kappa shape index (κ2) is 8.06. The highest BCUT2D eigenvalue weighted by atomic mass is 35.5. The molecule has 0 aromatic carbocycles. The fourth-order valence-corrected chi connectivity index (χ4v) is 4.40. The quantitative estimate of drug-likeness (QED) is 0.789. The number of aliphatic imine (C=N–C) groups is 1. The van der Waals surface area contributed by atoms with Gasteiger partial charge in [0, 0.05) is 19.3 Å². The number of nitriles is 1. The Kier molecular flexibility index (Phi) is 5.51. The first kappa shape index (κ1) is 19.2. The normalized spacial score (nSPS) is 29.8. The zero-order valence-electron chi connectivity index (χ0n) is 16.0. The van der Waals surface area contributed by atoms with Crippen LogP contribution in [-0.2, 0) is 4.74 Å². The van der Waals surface area contributed by atoms with E-state index in [1.807, 2.05) is 19.1 Å². The summed E-state index contributed by atoms with van der Waals surface area (Å²) < 4.78 is 5.97. The van der Waals surface area contributed by atoms with E-state index in [9.17, 15) is 0 Å². The van der Waals surface area contributed by atoms with Gasteiger partial charge in [-0.2, -0.15) is 5.26 Å². The standard InChI is InChI=1S/C20H25ClN6O/c1-20(5-6-23-18(11-22)26-20)28-9-4-15-10-17(15)14-2-7-27(8-3-14)19-24-12-16(21)13-25-19/h5-6,12-15,17H,2-4,7-10H2,1H3,(H,23,26). The summed E-state index contributed by atoms with van der Waals surface area (Å²) in [6.07, 6.45) is 11.6. The van der Waals surface area contributed by atoms with Gasteiger partial charge in [0.25, 0.3) is 0 Å². The maximum Gasteiger partial charge on any atom is 0.225 e. The number of halogens is 1. The highest BCUT2D eigenvalue weighted by Gasteiger charge is 2.43. The van der Waals surface area contributed by atoms with Crippen LogP contribution in [0.5, 0.6) is 0 Å². The summed E-state index contributed by atoms with van der Waals surface area (Å²) in [6, 6.07) is 2.03. The third-order valence-corrected chi connectivity index (χ3v) is 6.14. The molecule has 3 atom stereocenters. The van der Waals surface area contributed by atoms with E-state index < -0.39 is 5.72 Å². The van der Waals surface area contributed by atoms with Crippen molar-refractivity contribution in [1.29, 1.82) is 5.26 Å². The lowest BCUT2D eigenvalue weighted by molar-refractivity contribution is 0.00701. The lowest BCUT2D eigenvalue weighted by atomic mass is 9.90. The first-order valence-electron chi connectivity index (χ1n) is 9.87. The van der Waals surface area contributed by atoms with E-state index in [2.05, 4.69) is 25.2 Å². The summed E-state index contributed by atoms with van der Waals surface area (Å²) in [5.41, 5.74) is -0.732. The molecule has 2 fully saturated rings. The number of nitrogens with one attached hydrogen (secondary N) is 1. The van der Waals surface area contributed by atoms with E-state index >= 15 is 0 Å². The van der Waals surface area contributed by atoms with Crippen molar-refractivity contribution in [2.24, 2.45) is 22.7 Å². The SMILES string of the molecule is CC1(OCCC2CC2C2CCN(c3ncc(Cl)cn3)CC2)C=CNC(C#N)=N1. The molecular weight excluding hydrogens is 376 g/mol. The molecule has 1 aromatic heterocycles. The third kappa shape index (κ3) is 4.45. The number of hydrogen-bond acceptors (Lipinski definition) is 7.